The Morgan fingerprint density at radius 3 is 2.89 bits per heavy atom. The maximum atomic E-state index is 11.3. The van der Waals surface area contributed by atoms with E-state index in [0.29, 0.717) is 29.9 Å². The Morgan fingerprint density at radius 2 is 2.21 bits per heavy atom. The molecule has 0 atom stereocenters. The number of benzene rings is 1. The van der Waals surface area contributed by atoms with E-state index < -0.39 is 4.92 Å². The van der Waals surface area contributed by atoms with Crippen LogP contribution in [0.3, 0.4) is 0 Å². The molecule has 0 unspecified atom stereocenters. The van der Waals surface area contributed by atoms with Crippen LogP contribution in [0, 0.1) is 10.1 Å². The van der Waals surface area contributed by atoms with Crippen molar-refractivity contribution in [1.82, 2.24) is 0 Å². The molecule has 0 radical (unpaired) electrons. The third kappa shape index (κ3) is 3.00. The number of anilines is 2. The van der Waals surface area contributed by atoms with Crippen molar-refractivity contribution in [2.45, 2.75) is 19.3 Å². The highest BCUT2D eigenvalue weighted by molar-refractivity contribution is 6.00. The fourth-order valence-corrected chi connectivity index (χ4v) is 2.01. The second-order valence-corrected chi connectivity index (χ2v) is 4.37. The molecule has 1 aromatic rings. The average Bonchev–Trinajstić information content (AvgIpc) is 2.72. The highest BCUT2D eigenvalue weighted by Crippen LogP contribution is 2.34. The molecule has 3 N–H and O–H groups in total. The number of hydrogen-bond donors (Lipinski definition) is 3. The summed E-state index contributed by atoms with van der Waals surface area (Å²) in [5.74, 6) is -0.151. The lowest BCUT2D eigenvalue weighted by molar-refractivity contribution is -0.384. The second-order valence-electron chi connectivity index (χ2n) is 4.37. The van der Waals surface area contributed by atoms with Gasteiger partial charge in [-0.1, -0.05) is 0 Å². The third-order valence-corrected chi connectivity index (χ3v) is 2.94. The quantitative estimate of drug-likeness (QED) is 0.408. The van der Waals surface area contributed by atoms with Crippen LogP contribution in [0.15, 0.2) is 12.1 Å². The number of unbranched alkanes of at least 4 members (excludes halogenated alkanes) is 1. The molecule has 0 spiro atoms. The minimum absolute atomic E-state index is 0.0285. The van der Waals surface area contributed by atoms with Crippen molar-refractivity contribution in [3.05, 3.63) is 27.8 Å². The van der Waals surface area contributed by atoms with Gasteiger partial charge in [-0.05, 0) is 24.5 Å². The predicted octanol–water partition coefficient (Wildman–Crippen LogP) is 1.27. The Bertz CT molecular complexity index is 516. The number of aliphatic hydroxyl groups is 1. The minimum Gasteiger partial charge on any atom is -0.396 e. The zero-order valence-electron chi connectivity index (χ0n) is 10.3. The van der Waals surface area contributed by atoms with E-state index in [4.69, 9.17) is 5.11 Å². The van der Waals surface area contributed by atoms with Crippen LogP contribution in [0.1, 0.15) is 18.4 Å². The van der Waals surface area contributed by atoms with E-state index in [0.717, 1.165) is 6.42 Å². The fourth-order valence-electron chi connectivity index (χ4n) is 2.01. The number of amides is 1. The molecule has 7 nitrogen and oxygen atoms in total. The van der Waals surface area contributed by atoms with Gasteiger partial charge in [0.15, 0.2) is 0 Å². The van der Waals surface area contributed by atoms with E-state index in [9.17, 15) is 14.9 Å². The van der Waals surface area contributed by atoms with Crippen LogP contribution >= 0.6 is 0 Å². The van der Waals surface area contributed by atoms with E-state index in [-0.39, 0.29) is 24.6 Å². The third-order valence-electron chi connectivity index (χ3n) is 2.94. The van der Waals surface area contributed by atoms with Gasteiger partial charge in [0.05, 0.1) is 11.3 Å². The number of aliphatic hydroxyl groups excluding tert-OH is 1. The van der Waals surface area contributed by atoms with Crippen molar-refractivity contribution >= 4 is 23.0 Å². The molecule has 0 aliphatic carbocycles. The van der Waals surface area contributed by atoms with Crippen molar-refractivity contribution in [3.63, 3.8) is 0 Å². The monoisotopic (exact) mass is 265 g/mol. The van der Waals surface area contributed by atoms with Crippen LogP contribution in [-0.2, 0) is 11.2 Å². The summed E-state index contributed by atoms with van der Waals surface area (Å²) in [7, 11) is 0. The lowest BCUT2D eigenvalue weighted by Gasteiger charge is -2.08. The molecule has 102 valence electrons. The largest absolute Gasteiger partial charge is 0.396 e. The number of fused-ring (bicyclic) bond motifs is 1. The van der Waals surface area contributed by atoms with Gasteiger partial charge < -0.3 is 15.7 Å². The first-order chi connectivity index (χ1) is 9.11. The molecule has 0 aromatic heterocycles. The van der Waals surface area contributed by atoms with Gasteiger partial charge in [0.2, 0.25) is 5.91 Å². The molecule has 1 aliphatic rings. The zero-order valence-corrected chi connectivity index (χ0v) is 10.3. The van der Waals surface area contributed by atoms with Gasteiger partial charge in [-0.15, -0.1) is 0 Å². The van der Waals surface area contributed by atoms with E-state index in [1.165, 1.54) is 6.07 Å². The molecular weight excluding hydrogens is 250 g/mol. The molecule has 2 rings (SSSR count). The van der Waals surface area contributed by atoms with Gasteiger partial charge in [0.25, 0.3) is 5.69 Å². The number of rotatable bonds is 6. The molecule has 1 amide bonds. The maximum Gasteiger partial charge on any atom is 0.292 e. The molecule has 1 aromatic carbocycles. The van der Waals surface area contributed by atoms with Crippen molar-refractivity contribution in [2.24, 2.45) is 0 Å². The number of hydrogen-bond acceptors (Lipinski definition) is 5. The first-order valence-electron chi connectivity index (χ1n) is 6.07. The minimum atomic E-state index is -0.461. The molecule has 7 heteroatoms. The summed E-state index contributed by atoms with van der Waals surface area (Å²) in [6, 6.07) is 3.03. The van der Waals surface area contributed by atoms with Crippen LogP contribution in [0.5, 0.6) is 0 Å². The first kappa shape index (κ1) is 13.3. The zero-order chi connectivity index (χ0) is 13.8. The standard InChI is InChI=1S/C12H15N3O4/c16-4-2-1-3-13-10-7-9-8(6-12(17)14-9)5-11(10)15(18)19/h5,7,13,16H,1-4,6H2,(H,14,17). The topological polar surface area (TPSA) is 104 Å². The van der Waals surface area contributed by atoms with E-state index in [2.05, 4.69) is 10.6 Å². The van der Waals surface area contributed by atoms with Gasteiger partial charge in [-0.25, -0.2) is 0 Å². The van der Waals surface area contributed by atoms with Crippen molar-refractivity contribution < 1.29 is 14.8 Å². The summed E-state index contributed by atoms with van der Waals surface area (Å²) < 4.78 is 0. The predicted molar refractivity (Wildman–Crippen MR) is 70.2 cm³/mol. The van der Waals surface area contributed by atoms with Crippen LogP contribution in [0.25, 0.3) is 0 Å². The van der Waals surface area contributed by atoms with Crippen molar-refractivity contribution in [1.29, 1.82) is 0 Å². The molecule has 0 saturated carbocycles. The SMILES string of the molecule is O=C1Cc2cc([N+](=O)[O-])c(NCCCCO)cc2N1. The summed E-state index contributed by atoms with van der Waals surface area (Å²) in [4.78, 5) is 21.8. The number of nitro benzene ring substituents is 1. The van der Waals surface area contributed by atoms with E-state index in [1.54, 1.807) is 6.07 Å². The first-order valence-corrected chi connectivity index (χ1v) is 6.07. The highest BCUT2D eigenvalue weighted by atomic mass is 16.6. The Balaban J connectivity index is 2.19. The lowest BCUT2D eigenvalue weighted by Crippen LogP contribution is -2.06. The molecule has 0 fully saturated rings. The summed E-state index contributed by atoms with van der Waals surface area (Å²) >= 11 is 0. The average molecular weight is 265 g/mol. The smallest absolute Gasteiger partial charge is 0.292 e. The maximum absolute atomic E-state index is 11.3. The Labute approximate surface area is 109 Å². The molecular formula is C12H15N3O4. The number of carbonyl (C=O) groups excluding carboxylic acids is 1. The van der Waals surface area contributed by atoms with Gasteiger partial charge in [-0.3, -0.25) is 14.9 Å². The Morgan fingerprint density at radius 1 is 1.42 bits per heavy atom. The molecule has 1 heterocycles. The normalized spacial score (nSPS) is 13.0. The van der Waals surface area contributed by atoms with Crippen LogP contribution < -0.4 is 10.6 Å². The second kappa shape index (κ2) is 5.66. The van der Waals surface area contributed by atoms with Gasteiger partial charge in [0.1, 0.15) is 5.69 Å². The van der Waals surface area contributed by atoms with Crippen LogP contribution in [0.4, 0.5) is 17.1 Å². The van der Waals surface area contributed by atoms with Crippen molar-refractivity contribution in [3.8, 4) is 0 Å². The fraction of sp³-hybridized carbons (Fsp3) is 0.417. The summed E-state index contributed by atoms with van der Waals surface area (Å²) in [5, 5.41) is 25.3. The lowest BCUT2D eigenvalue weighted by atomic mass is 10.1. The number of nitrogens with one attached hydrogen (secondary N) is 2. The summed E-state index contributed by atoms with van der Waals surface area (Å²) in [5.41, 5.74) is 1.64. The number of nitrogens with zero attached hydrogens (tertiary/aromatic N) is 1. The summed E-state index contributed by atoms with van der Waals surface area (Å²) in [6.07, 6.45) is 1.54. The molecule has 19 heavy (non-hydrogen) atoms. The van der Waals surface area contributed by atoms with Crippen LogP contribution in [-0.4, -0.2) is 29.1 Å². The highest BCUT2D eigenvalue weighted by Gasteiger charge is 2.24. The van der Waals surface area contributed by atoms with Crippen molar-refractivity contribution in [2.75, 3.05) is 23.8 Å². The number of carbonyl (C=O) groups is 1. The van der Waals surface area contributed by atoms with Gasteiger partial charge in [0, 0.05) is 24.9 Å². The molecule has 0 saturated heterocycles. The van der Waals surface area contributed by atoms with E-state index >= 15 is 0 Å². The Hall–Kier alpha value is -2.15. The van der Waals surface area contributed by atoms with E-state index in [1.807, 2.05) is 0 Å². The molecule has 1 aliphatic heterocycles. The summed E-state index contributed by atoms with van der Waals surface area (Å²) in [6.45, 7) is 0.637. The van der Waals surface area contributed by atoms with Gasteiger partial charge >= 0.3 is 0 Å². The van der Waals surface area contributed by atoms with Gasteiger partial charge in [-0.2, -0.15) is 0 Å². The van der Waals surface area contributed by atoms with Crippen LogP contribution in [0.2, 0.25) is 0 Å². The Kier molecular flexibility index (Phi) is 3.96. The molecule has 0 bridgehead atoms. The number of nitro groups is 1.